The number of hydrogen-bond donors (Lipinski definition) is 0. The zero-order chi connectivity index (χ0) is 30.2. The monoisotopic (exact) mass is 585 g/mol. The molecule has 0 amide bonds. The molecule has 0 N–H and O–H groups in total. The van der Waals surface area contributed by atoms with Crippen LogP contribution < -0.4 is 0 Å². The zero-order valence-corrected chi connectivity index (χ0v) is 30.2. The average molecular weight is 585 g/mol. The Bertz CT molecular complexity index is 558. The van der Waals surface area contributed by atoms with E-state index in [2.05, 4.69) is 27.7 Å². The van der Waals surface area contributed by atoms with Gasteiger partial charge in [-0.3, -0.25) is 0 Å². The highest BCUT2D eigenvalue weighted by atomic mass is 14.5. The molecule has 0 nitrogen and oxygen atoms in total. The van der Waals surface area contributed by atoms with Crippen molar-refractivity contribution in [3.63, 3.8) is 0 Å². The minimum absolute atomic E-state index is 1.02. The molecule has 0 aromatic heterocycles. The molecule has 0 aromatic rings. The summed E-state index contributed by atoms with van der Waals surface area (Å²) in [5, 5.41) is 0. The maximum absolute atomic E-state index is 2.43. The summed E-state index contributed by atoms with van der Waals surface area (Å²) in [5.41, 5.74) is 0. The van der Waals surface area contributed by atoms with Gasteiger partial charge < -0.3 is 0 Å². The van der Waals surface area contributed by atoms with Crippen LogP contribution in [0, 0.1) is 59.2 Å². The third-order valence-corrected chi connectivity index (χ3v) is 13.5. The lowest BCUT2D eigenvalue weighted by atomic mass is 9.54. The van der Waals surface area contributed by atoms with Gasteiger partial charge in [0, 0.05) is 0 Å². The Kier molecular flexibility index (Phi) is 18.2. The van der Waals surface area contributed by atoms with Crippen molar-refractivity contribution in [3.05, 3.63) is 0 Å². The van der Waals surface area contributed by atoms with Gasteiger partial charge in [0.1, 0.15) is 0 Å². The standard InChI is InChI=1S/C14H26.C12H20.2C7H14.C2H6/c1-11-3-7-13(8-4-11)14-9-5-12(2)6-10-14;1-3-9(4-1)11-7-8-12(11)10-5-2-6-10;2*1-7-5-3-2-4-6-7;1-2/h11-14H,3-10H2,1-2H3;9-12H,1-8H2;2*7H,2-6H2,1H3;1-2H3. The van der Waals surface area contributed by atoms with Gasteiger partial charge in [-0.15, -0.1) is 0 Å². The lowest BCUT2D eigenvalue weighted by Crippen LogP contribution is -2.41. The Balaban J connectivity index is 0.000000157. The Labute approximate surface area is 267 Å². The van der Waals surface area contributed by atoms with Gasteiger partial charge >= 0.3 is 0 Å². The van der Waals surface area contributed by atoms with Crippen molar-refractivity contribution in [2.75, 3.05) is 0 Å². The van der Waals surface area contributed by atoms with E-state index in [9.17, 15) is 0 Å². The summed E-state index contributed by atoms with van der Waals surface area (Å²) in [5.74, 6) is 11.1. The van der Waals surface area contributed by atoms with Crippen LogP contribution in [0.3, 0.4) is 0 Å². The molecule has 7 aliphatic rings. The van der Waals surface area contributed by atoms with Gasteiger partial charge in [-0.1, -0.05) is 170 Å². The van der Waals surface area contributed by atoms with E-state index in [4.69, 9.17) is 0 Å². The van der Waals surface area contributed by atoms with Gasteiger partial charge in [0.25, 0.3) is 0 Å². The molecular formula is C42H80. The Morgan fingerprint density at radius 2 is 0.524 bits per heavy atom. The molecule has 0 heterocycles. The summed E-state index contributed by atoms with van der Waals surface area (Å²) in [6, 6.07) is 0. The maximum atomic E-state index is 2.43. The molecule has 0 bridgehead atoms. The molecule has 7 fully saturated rings. The SMILES string of the molecule is C1CC(C2CCC2C2CCC2)C1.CC.CC1CCC(C2CCC(C)CC2)CC1.CC1CCCCC1.CC1CCCCC1. The van der Waals surface area contributed by atoms with Gasteiger partial charge in [0.2, 0.25) is 0 Å². The first-order chi connectivity index (χ1) is 20.5. The average Bonchev–Trinajstić information content (AvgIpc) is 2.96. The highest BCUT2D eigenvalue weighted by molar-refractivity contribution is 4.94. The second-order valence-electron chi connectivity index (χ2n) is 16.8. The zero-order valence-electron chi connectivity index (χ0n) is 30.2. The van der Waals surface area contributed by atoms with Crippen LogP contribution >= 0.6 is 0 Å². The predicted molar refractivity (Wildman–Crippen MR) is 189 cm³/mol. The first-order valence-electron chi connectivity index (χ1n) is 20.5. The molecule has 0 saturated heterocycles. The first-order valence-corrected chi connectivity index (χ1v) is 20.5. The first kappa shape index (κ1) is 36.5. The third kappa shape index (κ3) is 12.8. The quantitative estimate of drug-likeness (QED) is 0.309. The van der Waals surface area contributed by atoms with E-state index in [-0.39, 0.29) is 0 Å². The van der Waals surface area contributed by atoms with Crippen LogP contribution in [0.4, 0.5) is 0 Å². The van der Waals surface area contributed by atoms with Crippen LogP contribution in [0.25, 0.3) is 0 Å². The molecule has 2 atom stereocenters. The van der Waals surface area contributed by atoms with Crippen LogP contribution in [0.2, 0.25) is 0 Å². The van der Waals surface area contributed by atoms with Gasteiger partial charge in [-0.2, -0.15) is 0 Å². The Morgan fingerprint density at radius 3 is 0.714 bits per heavy atom. The highest BCUT2D eigenvalue weighted by Gasteiger charge is 2.44. The molecule has 248 valence electrons. The number of hydrogen-bond acceptors (Lipinski definition) is 0. The van der Waals surface area contributed by atoms with Crippen molar-refractivity contribution < 1.29 is 0 Å². The summed E-state index contributed by atoms with van der Waals surface area (Å²) in [4.78, 5) is 0. The molecule has 2 unspecified atom stereocenters. The summed E-state index contributed by atoms with van der Waals surface area (Å²) in [7, 11) is 0. The van der Waals surface area contributed by atoms with Crippen LogP contribution in [0.5, 0.6) is 0 Å². The summed E-state index contributed by atoms with van der Waals surface area (Å²) in [6.07, 6.45) is 39.7. The van der Waals surface area contributed by atoms with Gasteiger partial charge in [0.05, 0.1) is 0 Å². The molecule has 7 saturated carbocycles. The normalized spacial score (nSPS) is 35.9. The van der Waals surface area contributed by atoms with Crippen LogP contribution in [-0.4, -0.2) is 0 Å². The summed E-state index contributed by atoms with van der Waals surface area (Å²) >= 11 is 0. The molecule has 0 radical (unpaired) electrons. The van der Waals surface area contributed by atoms with Crippen molar-refractivity contribution >= 4 is 0 Å². The van der Waals surface area contributed by atoms with Crippen molar-refractivity contribution in [1.82, 2.24) is 0 Å². The second-order valence-corrected chi connectivity index (χ2v) is 16.8. The lowest BCUT2D eigenvalue weighted by molar-refractivity contribution is -0.00862. The Morgan fingerprint density at radius 1 is 0.238 bits per heavy atom. The second kappa shape index (κ2) is 20.9. The summed E-state index contributed by atoms with van der Waals surface area (Å²) in [6.45, 7) is 13.6. The fourth-order valence-electron chi connectivity index (χ4n) is 9.59. The minimum Gasteiger partial charge on any atom is -0.0683 e. The summed E-state index contributed by atoms with van der Waals surface area (Å²) < 4.78 is 0. The highest BCUT2D eigenvalue weighted by Crippen LogP contribution is 2.54. The van der Waals surface area contributed by atoms with E-state index < -0.39 is 0 Å². The van der Waals surface area contributed by atoms with E-state index in [1.54, 1.807) is 77.0 Å². The van der Waals surface area contributed by atoms with Crippen molar-refractivity contribution in [3.8, 4) is 0 Å². The smallest absolute Gasteiger partial charge is 0.0355 e. The van der Waals surface area contributed by atoms with Crippen LogP contribution in [0.1, 0.15) is 208 Å². The molecular weight excluding hydrogens is 504 g/mol. The van der Waals surface area contributed by atoms with E-state index in [0.717, 1.165) is 35.5 Å². The van der Waals surface area contributed by atoms with Crippen molar-refractivity contribution in [2.45, 2.75) is 208 Å². The molecule has 0 heteroatoms. The molecule has 0 aliphatic heterocycles. The van der Waals surface area contributed by atoms with E-state index >= 15 is 0 Å². The van der Waals surface area contributed by atoms with Crippen molar-refractivity contribution in [1.29, 1.82) is 0 Å². The lowest BCUT2D eigenvalue weighted by Gasteiger charge is -2.51. The molecule has 7 aliphatic carbocycles. The fraction of sp³-hybridized carbons (Fsp3) is 1.00. The molecule has 7 rings (SSSR count). The topological polar surface area (TPSA) is 0 Å². The predicted octanol–water partition coefficient (Wildman–Crippen LogP) is 14.5. The van der Waals surface area contributed by atoms with E-state index in [1.807, 2.05) is 13.8 Å². The van der Waals surface area contributed by atoms with E-state index in [1.165, 1.54) is 114 Å². The number of rotatable bonds is 3. The molecule has 42 heavy (non-hydrogen) atoms. The fourth-order valence-corrected chi connectivity index (χ4v) is 9.59. The minimum atomic E-state index is 1.02. The van der Waals surface area contributed by atoms with Gasteiger partial charge in [-0.05, 0) is 97.7 Å². The van der Waals surface area contributed by atoms with Gasteiger partial charge in [0.15, 0.2) is 0 Å². The third-order valence-electron chi connectivity index (χ3n) is 13.5. The molecule has 0 spiro atoms. The van der Waals surface area contributed by atoms with Crippen LogP contribution in [0.15, 0.2) is 0 Å². The maximum Gasteiger partial charge on any atom is -0.0355 e. The Hall–Kier alpha value is 0. The van der Waals surface area contributed by atoms with E-state index in [0.29, 0.717) is 0 Å². The largest absolute Gasteiger partial charge is 0.0683 e. The van der Waals surface area contributed by atoms with Crippen LogP contribution in [-0.2, 0) is 0 Å². The molecule has 0 aromatic carbocycles. The van der Waals surface area contributed by atoms with Gasteiger partial charge in [-0.25, -0.2) is 0 Å². The van der Waals surface area contributed by atoms with Crippen molar-refractivity contribution in [2.24, 2.45) is 59.2 Å².